The summed E-state index contributed by atoms with van der Waals surface area (Å²) in [6.07, 6.45) is 3.62. The van der Waals surface area contributed by atoms with E-state index in [0.29, 0.717) is 23.6 Å². The molecule has 0 aliphatic rings. The Labute approximate surface area is 195 Å². The molecule has 174 valence electrons. The second-order valence-corrected chi connectivity index (χ2v) is 8.23. The van der Waals surface area contributed by atoms with Crippen LogP contribution in [0, 0.1) is 12.7 Å². The van der Waals surface area contributed by atoms with Crippen molar-refractivity contribution in [3.63, 3.8) is 0 Å². The molecule has 33 heavy (non-hydrogen) atoms. The first kappa shape index (κ1) is 24.4. The van der Waals surface area contributed by atoms with E-state index in [2.05, 4.69) is 29.2 Å². The molecule has 1 aromatic heterocycles. The lowest BCUT2D eigenvalue weighted by atomic mass is 10.1. The summed E-state index contributed by atoms with van der Waals surface area (Å²) in [6.45, 7) is 6.55. The highest BCUT2D eigenvalue weighted by Crippen LogP contribution is 2.26. The molecule has 0 fully saturated rings. The van der Waals surface area contributed by atoms with Crippen LogP contribution in [0.2, 0.25) is 0 Å². The van der Waals surface area contributed by atoms with Gasteiger partial charge in [0.1, 0.15) is 17.3 Å². The van der Waals surface area contributed by atoms with Crippen LogP contribution in [0.4, 0.5) is 4.39 Å². The first-order valence-corrected chi connectivity index (χ1v) is 11.4. The molecule has 0 bridgehead atoms. The average molecular weight is 450 g/mol. The molecule has 2 aromatic carbocycles. The molecule has 0 saturated carbocycles. The van der Waals surface area contributed by atoms with Gasteiger partial charge in [0.25, 0.3) is 5.91 Å². The van der Waals surface area contributed by atoms with E-state index in [0.717, 1.165) is 30.0 Å². The van der Waals surface area contributed by atoms with Crippen LogP contribution in [0.3, 0.4) is 0 Å². The van der Waals surface area contributed by atoms with Gasteiger partial charge in [0.05, 0.1) is 5.69 Å². The lowest BCUT2D eigenvalue weighted by Gasteiger charge is -2.16. The number of nitrogens with one attached hydrogen (secondary N) is 1. The van der Waals surface area contributed by atoms with Gasteiger partial charge in [0.2, 0.25) is 0 Å². The number of likely N-dealkylation sites (N-methyl/N-ethyl adjacent to an activating group) is 1. The van der Waals surface area contributed by atoms with Crippen molar-refractivity contribution >= 4 is 5.91 Å². The summed E-state index contributed by atoms with van der Waals surface area (Å²) < 4.78 is 18.8. The van der Waals surface area contributed by atoms with Gasteiger partial charge in [0.15, 0.2) is 0 Å². The largest absolute Gasteiger partial charge is 0.457 e. The third kappa shape index (κ3) is 7.68. The number of halogens is 1. The summed E-state index contributed by atoms with van der Waals surface area (Å²) in [5, 5.41) is 3.01. The van der Waals surface area contributed by atoms with Crippen molar-refractivity contribution in [2.75, 3.05) is 26.7 Å². The van der Waals surface area contributed by atoms with E-state index in [4.69, 9.17) is 4.74 Å². The van der Waals surface area contributed by atoms with E-state index in [1.807, 2.05) is 37.3 Å². The summed E-state index contributed by atoms with van der Waals surface area (Å²) >= 11 is 0. The lowest BCUT2D eigenvalue weighted by molar-refractivity contribution is 0.0949. The van der Waals surface area contributed by atoms with Gasteiger partial charge in [-0.2, -0.15) is 0 Å². The summed E-state index contributed by atoms with van der Waals surface area (Å²) in [5.41, 5.74) is 2.98. The predicted octanol–water partition coefficient (Wildman–Crippen LogP) is 5.84. The van der Waals surface area contributed by atoms with Crippen molar-refractivity contribution in [2.24, 2.45) is 0 Å². The Morgan fingerprint density at radius 2 is 1.67 bits per heavy atom. The molecule has 3 aromatic rings. The standard InChI is InChI=1S/C27H32FN3O2/c1-4-5-6-16-31(3)17-15-29-27(32)22-18-20(2)30-26(19-22)21-7-11-24(12-8-21)33-25-13-9-23(28)10-14-25/h7-14,18-19H,4-6,15-17H2,1-3H3,(H,29,32). The molecule has 0 saturated heterocycles. The fourth-order valence-corrected chi connectivity index (χ4v) is 3.49. The van der Waals surface area contributed by atoms with Crippen molar-refractivity contribution in [1.82, 2.24) is 15.2 Å². The van der Waals surface area contributed by atoms with Crippen LogP contribution >= 0.6 is 0 Å². The number of amides is 1. The maximum Gasteiger partial charge on any atom is 0.251 e. The number of hydrogen-bond acceptors (Lipinski definition) is 4. The number of rotatable bonds is 11. The van der Waals surface area contributed by atoms with Crippen molar-refractivity contribution in [3.05, 3.63) is 77.7 Å². The molecule has 0 aliphatic carbocycles. The Morgan fingerprint density at radius 3 is 2.33 bits per heavy atom. The van der Waals surface area contributed by atoms with Gasteiger partial charge < -0.3 is 15.0 Å². The molecular weight excluding hydrogens is 417 g/mol. The van der Waals surface area contributed by atoms with E-state index >= 15 is 0 Å². The summed E-state index contributed by atoms with van der Waals surface area (Å²) in [5.74, 6) is 0.800. The van der Waals surface area contributed by atoms with Crippen molar-refractivity contribution < 1.29 is 13.9 Å². The van der Waals surface area contributed by atoms with Crippen LogP contribution in [-0.4, -0.2) is 42.5 Å². The summed E-state index contributed by atoms with van der Waals surface area (Å²) in [7, 11) is 2.08. The van der Waals surface area contributed by atoms with E-state index in [-0.39, 0.29) is 11.7 Å². The van der Waals surface area contributed by atoms with Crippen LogP contribution in [0.1, 0.15) is 42.2 Å². The zero-order valence-corrected chi connectivity index (χ0v) is 19.6. The molecule has 3 rings (SSSR count). The van der Waals surface area contributed by atoms with Crippen LogP contribution in [-0.2, 0) is 0 Å². The van der Waals surface area contributed by atoms with E-state index in [1.165, 1.54) is 31.4 Å². The first-order valence-electron chi connectivity index (χ1n) is 11.4. The van der Waals surface area contributed by atoms with Gasteiger partial charge in [-0.25, -0.2) is 4.39 Å². The SMILES string of the molecule is CCCCCN(C)CCNC(=O)c1cc(C)nc(-c2ccc(Oc3ccc(F)cc3)cc2)c1. The Bertz CT molecular complexity index is 1040. The number of carbonyl (C=O) groups is 1. The zero-order valence-electron chi connectivity index (χ0n) is 19.6. The molecule has 0 unspecified atom stereocenters. The minimum atomic E-state index is -0.304. The molecular formula is C27H32FN3O2. The van der Waals surface area contributed by atoms with Gasteiger partial charge in [-0.05, 0) is 87.6 Å². The number of hydrogen-bond donors (Lipinski definition) is 1. The van der Waals surface area contributed by atoms with E-state index in [1.54, 1.807) is 18.2 Å². The quantitative estimate of drug-likeness (QED) is 0.374. The number of unbranched alkanes of at least 4 members (excludes halogenated alkanes) is 2. The van der Waals surface area contributed by atoms with Gasteiger partial charge >= 0.3 is 0 Å². The normalized spacial score (nSPS) is 10.9. The summed E-state index contributed by atoms with van der Waals surface area (Å²) in [4.78, 5) is 19.5. The predicted molar refractivity (Wildman–Crippen MR) is 130 cm³/mol. The molecule has 6 heteroatoms. The number of aromatic nitrogens is 1. The van der Waals surface area contributed by atoms with E-state index in [9.17, 15) is 9.18 Å². The van der Waals surface area contributed by atoms with Crippen molar-refractivity contribution in [1.29, 1.82) is 0 Å². The molecule has 1 heterocycles. The molecule has 5 nitrogen and oxygen atoms in total. The highest BCUT2D eigenvalue weighted by atomic mass is 19.1. The Morgan fingerprint density at radius 1 is 1.00 bits per heavy atom. The Kier molecular flexibility index (Phi) is 8.95. The molecule has 0 spiro atoms. The number of carbonyl (C=O) groups excluding carboxylic acids is 1. The van der Waals surface area contributed by atoms with Crippen LogP contribution in [0.15, 0.2) is 60.7 Å². The minimum Gasteiger partial charge on any atom is -0.457 e. The molecule has 1 N–H and O–H groups in total. The zero-order chi connectivity index (χ0) is 23.6. The van der Waals surface area contributed by atoms with Crippen molar-refractivity contribution in [3.8, 4) is 22.8 Å². The summed E-state index contributed by atoms with van der Waals surface area (Å²) in [6, 6.07) is 16.9. The van der Waals surface area contributed by atoms with Gasteiger partial charge in [-0.1, -0.05) is 19.8 Å². The smallest absolute Gasteiger partial charge is 0.251 e. The number of pyridine rings is 1. The maximum atomic E-state index is 13.1. The van der Waals surface area contributed by atoms with Crippen LogP contribution in [0.25, 0.3) is 11.3 Å². The number of ether oxygens (including phenoxy) is 1. The molecule has 0 aliphatic heterocycles. The average Bonchev–Trinajstić information content (AvgIpc) is 2.81. The second kappa shape index (κ2) is 12.1. The van der Waals surface area contributed by atoms with Crippen LogP contribution < -0.4 is 10.1 Å². The topological polar surface area (TPSA) is 54.5 Å². The Hall–Kier alpha value is -3.25. The fourth-order valence-electron chi connectivity index (χ4n) is 3.49. The van der Waals surface area contributed by atoms with Gasteiger partial charge in [0, 0.05) is 29.9 Å². The molecule has 0 atom stereocenters. The van der Waals surface area contributed by atoms with Crippen LogP contribution in [0.5, 0.6) is 11.5 Å². The highest BCUT2D eigenvalue weighted by molar-refractivity contribution is 5.95. The first-order chi connectivity index (χ1) is 15.9. The third-order valence-electron chi connectivity index (χ3n) is 5.34. The number of aryl methyl sites for hydroxylation is 1. The lowest BCUT2D eigenvalue weighted by Crippen LogP contribution is -2.33. The number of benzene rings is 2. The van der Waals surface area contributed by atoms with E-state index < -0.39 is 0 Å². The maximum absolute atomic E-state index is 13.1. The monoisotopic (exact) mass is 449 g/mol. The molecule has 0 radical (unpaired) electrons. The minimum absolute atomic E-state index is 0.0972. The highest BCUT2D eigenvalue weighted by Gasteiger charge is 2.11. The van der Waals surface area contributed by atoms with Crippen molar-refractivity contribution in [2.45, 2.75) is 33.1 Å². The van der Waals surface area contributed by atoms with Gasteiger partial charge in [-0.15, -0.1) is 0 Å². The second-order valence-electron chi connectivity index (χ2n) is 8.23. The Balaban J connectivity index is 1.61. The van der Waals surface area contributed by atoms with Gasteiger partial charge in [-0.3, -0.25) is 9.78 Å². The third-order valence-corrected chi connectivity index (χ3v) is 5.34. The number of nitrogens with zero attached hydrogens (tertiary/aromatic N) is 2. The molecule has 1 amide bonds. The fraction of sp³-hybridized carbons (Fsp3) is 0.333.